The number of nitrogens with zero attached hydrogens (tertiary/aromatic N) is 2. The van der Waals surface area contributed by atoms with Gasteiger partial charge in [-0.3, -0.25) is 9.69 Å². The fourth-order valence-corrected chi connectivity index (χ4v) is 3.88. The smallest absolute Gasteiger partial charge is 0.237 e. The summed E-state index contributed by atoms with van der Waals surface area (Å²) in [5, 5.41) is 0. The average molecular weight is 332 g/mol. The summed E-state index contributed by atoms with van der Waals surface area (Å²) in [6.45, 7) is 5.53. The first-order chi connectivity index (χ1) is 11.6. The van der Waals surface area contributed by atoms with Crippen LogP contribution in [-0.2, 0) is 11.2 Å². The van der Waals surface area contributed by atoms with Crippen molar-refractivity contribution in [2.24, 2.45) is 0 Å². The lowest BCUT2D eigenvalue weighted by Gasteiger charge is -2.37. The van der Waals surface area contributed by atoms with Crippen molar-refractivity contribution in [2.75, 3.05) is 40.4 Å². The molecule has 24 heavy (non-hydrogen) atoms. The molecule has 1 amide bonds. The highest BCUT2D eigenvalue weighted by molar-refractivity contribution is 5.79. The van der Waals surface area contributed by atoms with Gasteiger partial charge in [-0.25, -0.2) is 0 Å². The van der Waals surface area contributed by atoms with E-state index in [1.165, 1.54) is 30.4 Å². The van der Waals surface area contributed by atoms with Gasteiger partial charge in [-0.05, 0) is 62.5 Å². The maximum absolute atomic E-state index is 12.8. The van der Waals surface area contributed by atoms with Crippen LogP contribution in [0.4, 0.5) is 0 Å². The van der Waals surface area contributed by atoms with Crippen molar-refractivity contribution in [3.8, 4) is 11.5 Å². The fraction of sp³-hybridized carbons (Fsp3) is 0.632. The Morgan fingerprint density at radius 2 is 1.75 bits per heavy atom. The summed E-state index contributed by atoms with van der Waals surface area (Å²) >= 11 is 0. The average Bonchev–Trinajstić information content (AvgIpc) is 2.61. The van der Waals surface area contributed by atoms with E-state index in [1.54, 1.807) is 14.2 Å². The van der Waals surface area contributed by atoms with Crippen LogP contribution in [0.25, 0.3) is 0 Å². The molecule has 1 unspecified atom stereocenters. The van der Waals surface area contributed by atoms with E-state index in [1.807, 2.05) is 11.0 Å². The van der Waals surface area contributed by atoms with E-state index in [0.29, 0.717) is 6.54 Å². The summed E-state index contributed by atoms with van der Waals surface area (Å²) in [4.78, 5) is 17.1. The van der Waals surface area contributed by atoms with Crippen LogP contribution >= 0.6 is 0 Å². The number of methoxy groups -OCH3 is 2. The van der Waals surface area contributed by atoms with Crippen molar-refractivity contribution in [3.63, 3.8) is 0 Å². The van der Waals surface area contributed by atoms with Crippen LogP contribution in [0.1, 0.15) is 43.4 Å². The minimum atomic E-state index is 0.0749. The van der Waals surface area contributed by atoms with Crippen LogP contribution in [0.2, 0.25) is 0 Å². The van der Waals surface area contributed by atoms with E-state index in [9.17, 15) is 4.79 Å². The zero-order valence-electron chi connectivity index (χ0n) is 15.0. The molecule has 132 valence electrons. The molecule has 2 aliphatic heterocycles. The first kappa shape index (κ1) is 17.1. The minimum absolute atomic E-state index is 0.0749. The minimum Gasteiger partial charge on any atom is -0.493 e. The van der Waals surface area contributed by atoms with E-state index >= 15 is 0 Å². The molecule has 3 rings (SSSR count). The Balaban J connectivity index is 1.75. The third-order valence-corrected chi connectivity index (χ3v) is 5.31. The molecule has 2 aliphatic rings. The summed E-state index contributed by atoms with van der Waals surface area (Å²) in [7, 11) is 3.31. The first-order valence-corrected chi connectivity index (χ1v) is 8.90. The second-order valence-electron chi connectivity index (χ2n) is 6.76. The van der Waals surface area contributed by atoms with Crippen molar-refractivity contribution in [1.29, 1.82) is 0 Å². The van der Waals surface area contributed by atoms with Gasteiger partial charge in [0, 0.05) is 6.54 Å². The van der Waals surface area contributed by atoms with Gasteiger partial charge in [-0.15, -0.1) is 0 Å². The van der Waals surface area contributed by atoms with Crippen molar-refractivity contribution in [2.45, 2.75) is 38.6 Å². The number of hydrogen-bond acceptors (Lipinski definition) is 4. The van der Waals surface area contributed by atoms with Gasteiger partial charge in [-0.2, -0.15) is 0 Å². The number of benzene rings is 1. The molecule has 0 saturated carbocycles. The number of likely N-dealkylation sites (tertiary alicyclic amines) is 1. The Morgan fingerprint density at radius 3 is 2.42 bits per heavy atom. The third kappa shape index (κ3) is 3.36. The summed E-state index contributed by atoms with van der Waals surface area (Å²) < 4.78 is 10.8. The number of hydrogen-bond donors (Lipinski definition) is 0. The second-order valence-corrected chi connectivity index (χ2v) is 6.76. The second kappa shape index (κ2) is 7.43. The number of carbonyl (C=O) groups excluding carboxylic acids is 1. The number of fused-ring (bicyclic) bond motifs is 1. The monoisotopic (exact) mass is 332 g/mol. The summed E-state index contributed by atoms with van der Waals surface area (Å²) in [6.07, 6.45) is 4.58. The summed E-state index contributed by atoms with van der Waals surface area (Å²) in [5.74, 6) is 1.73. The van der Waals surface area contributed by atoms with Crippen LogP contribution in [-0.4, -0.2) is 56.1 Å². The quantitative estimate of drug-likeness (QED) is 0.850. The lowest BCUT2D eigenvalue weighted by atomic mass is 9.92. The molecule has 1 atom stereocenters. The largest absolute Gasteiger partial charge is 0.493 e. The topological polar surface area (TPSA) is 42.0 Å². The van der Waals surface area contributed by atoms with E-state index in [0.717, 1.165) is 37.6 Å². The number of carbonyl (C=O) groups is 1. The van der Waals surface area contributed by atoms with Gasteiger partial charge in [-0.1, -0.05) is 6.42 Å². The van der Waals surface area contributed by atoms with Gasteiger partial charge in [0.15, 0.2) is 11.5 Å². The highest BCUT2D eigenvalue weighted by Crippen LogP contribution is 2.37. The molecule has 0 aromatic heterocycles. The van der Waals surface area contributed by atoms with Crippen LogP contribution in [0.3, 0.4) is 0 Å². The normalized spacial score (nSPS) is 21.3. The number of piperidine rings is 1. The van der Waals surface area contributed by atoms with E-state index < -0.39 is 0 Å². The molecule has 0 aliphatic carbocycles. The Bertz CT molecular complexity index is 597. The Hall–Kier alpha value is -1.75. The predicted octanol–water partition coefficient (Wildman–Crippen LogP) is 2.64. The highest BCUT2D eigenvalue weighted by Gasteiger charge is 2.30. The lowest BCUT2D eigenvalue weighted by Crippen LogP contribution is -2.45. The van der Waals surface area contributed by atoms with Crippen LogP contribution < -0.4 is 9.47 Å². The van der Waals surface area contributed by atoms with Crippen molar-refractivity contribution >= 4 is 5.91 Å². The standard InChI is InChI=1S/C19H28N2O3/c1-14-16-12-18(24-3)17(23-2)11-15(16)7-10-21(14)19(22)13-20-8-5-4-6-9-20/h11-12,14H,4-10,13H2,1-3H3. The van der Waals surface area contributed by atoms with E-state index in [2.05, 4.69) is 17.9 Å². The van der Waals surface area contributed by atoms with Gasteiger partial charge >= 0.3 is 0 Å². The van der Waals surface area contributed by atoms with E-state index in [4.69, 9.17) is 9.47 Å². The number of ether oxygens (including phenoxy) is 2. The Kier molecular flexibility index (Phi) is 5.29. The fourth-order valence-electron chi connectivity index (χ4n) is 3.88. The maximum atomic E-state index is 12.8. The SMILES string of the molecule is COc1cc2c(cc1OC)C(C)N(C(=O)CN1CCCCC1)CC2. The Morgan fingerprint density at radius 1 is 1.08 bits per heavy atom. The molecule has 0 spiro atoms. The van der Waals surface area contributed by atoms with Gasteiger partial charge < -0.3 is 14.4 Å². The van der Waals surface area contributed by atoms with Crippen LogP contribution in [0.5, 0.6) is 11.5 Å². The molecule has 0 bridgehead atoms. The molecule has 1 aromatic carbocycles. The van der Waals surface area contributed by atoms with Gasteiger partial charge in [0.25, 0.3) is 0 Å². The lowest BCUT2D eigenvalue weighted by molar-refractivity contribution is -0.135. The van der Waals surface area contributed by atoms with Crippen LogP contribution in [0.15, 0.2) is 12.1 Å². The molecule has 1 fully saturated rings. The molecule has 5 heteroatoms. The zero-order chi connectivity index (χ0) is 17.1. The highest BCUT2D eigenvalue weighted by atomic mass is 16.5. The van der Waals surface area contributed by atoms with Crippen LogP contribution in [0, 0.1) is 0 Å². The molecule has 1 aromatic rings. The van der Waals surface area contributed by atoms with Crippen molar-refractivity contribution in [1.82, 2.24) is 9.80 Å². The molecule has 5 nitrogen and oxygen atoms in total. The molecule has 0 radical (unpaired) electrons. The van der Waals surface area contributed by atoms with E-state index in [-0.39, 0.29) is 11.9 Å². The molecule has 0 N–H and O–H groups in total. The maximum Gasteiger partial charge on any atom is 0.237 e. The van der Waals surface area contributed by atoms with Gasteiger partial charge in [0.1, 0.15) is 0 Å². The Labute approximate surface area is 144 Å². The zero-order valence-corrected chi connectivity index (χ0v) is 15.0. The third-order valence-electron chi connectivity index (χ3n) is 5.31. The van der Waals surface area contributed by atoms with Gasteiger partial charge in [0.05, 0.1) is 26.8 Å². The number of rotatable bonds is 4. The summed E-state index contributed by atoms with van der Waals surface area (Å²) in [5.41, 5.74) is 2.42. The molecule has 1 saturated heterocycles. The molecule has 2 heterocycles. The first-order valence-electron chi connectivity index (χ1n) is 8.90. The van der Waals surface area contributed by atoms with Crippen molar-refractivity contribution in [3.05, 3.63) is 23.3 Å². The van der Waals surface area contributed by atoms with Crippen molar-refractivity contribution < 1.29 is 14.3 Å². The van der Waals surface area contributed by atoms with Gasteiger partial charge in [0.2, 0.25) is 5.91 Å². The summed E-state index contributed by atoms with van der Waals surface area (Å²) in [6, 6.07) is 4.15. The number of amides is 1. The predicted molar refractivity (Wildman–Crippen MR) is 93.7 cm³/mol. The molecular formula is C19H28N2O3. The molecular weight excluding hydrogens is 304 g/mol.